The Morgan fingerprint density at radius 3 is 2.50 bits per heavy atom. The van der Waals surface area contributed by atoms with E-state index >= 15 is 0 Å². The molecule has 5 heteroatoms. The van der Waals surface area contributed by atoms with Gasteiger partial charge in [-0.25, -0.2) is 4.79 Å². The lowest BCUT2D eigenvalue weighted by Crippen LogP contribution is -2.34. The Kier molecular flexibility index (Phi) is 4.25. The Balaban J connectivity index is 1.73. The van der Waals surface area contributed by atoms with E-state index in [1.807, 2.05) is 12.1 Å². The minimum atomic E-state index is -0.235. The monoisotopic (exact) mass is 264 g/mol. The summed E-state index contributed by atoms with van der Waals surface area (Å²) in [6.45, 7) is 0.834. The predicted octanol–water partition coefficient (Wildman–Crippen LogP) is 2.93. The number of furan rings is 1. The SMILES string of the molecule is O=C(NCc1ccc(Cl)cc1)NCc1ccco1. The quantitative estimate of drug-likeness (QED) is 0.892. The highest BCUT2D eigenvalue weighted by Crippen LogP contribution is 2.09. The number of benzene rings is 1. The van der Waals surface area contributed by atoms with Gasteiger partial charge in [-0.3, -0.25) is 0 Å². The second-order valence-corrected chi connectivity index (χ2v) is 4.18. The summed E-state index contributed by atoms with van der Waals surface area (Å²) in [6, 6.07) is 10.7. The van der Waals surface area contributed by atoms with E-state index in [4.69, 9.17) is 16.0 Å². The maximum absolute atomic E-state index is 11.5. The van der Waals surface area contributed by atoms with Crippen LogP contribution in [0.2, 0.25) is 5.02 Å². The molecule has 2 aromatic rings. The molecule has 1 aromatic carbocycles. The van der Waals surface area contributed by atoms with Gasteiger partial charge in [0, 0.05) is 11.6 Å². The Morgan fingerprint density at radius 2 is 1.83 bits per heavy atom. The van der Waals surface area contributed by atoms with Crippen molar-refractivity contribution >= 4 is 17.6 Å². The summed E-state index contributed by atoms with van der Waals surface area (Å²) in [4.78, 5) is 11.5. The van der Waals surface area contributed by atoms with Crippen molar-refractivity contribution < 1.29 is 9.21 Å². The molecule has 0 unspecified atom stereocenters. The maximum Gasteiger partial charge on any atom is 0.315 e. The summed E-state index contributed by atoms with van der Waals surface area (Å²) in [5.74, 6) is 0.719. The molecule has 0 aliphatic carbocycles. The number of halogens is 1. The number of hydrogen-bond donors (Lipinski definition) is 2. The Hall–Kier alpha value is -1.94. The number of carbonyl (C=O) groups is 1. The molecule has 0 fully saturated rings. The van der Waals surface area contributed by atoms with Gasteiger partial charge in [-0.1, -0.05) is 23.7 Å². The first-order valence-electron chi connectivity index (χ1n) is 5.52. The van der Waals surface area contributed by atoms with Crippen LogP contribution in [-0.4, -0.2) is 6.03 Å². The van der Waals surface area contributed by atoms with Crippen LogP contribution in [0.4, 0.5) is 4.79 Å². The van der Waals surface area contributed by atoms with Gasteiger partial charge in [0.15, 0.2) is 0 Å². The molecular weight excluding hydrogens is 252 g/mol. The van der Waals surface area contributed by atoms with Crippen molar-refractivity contribution in [2.75, 3.05) is 0 Å². The molecule has 4 nitrogen and oxygen atoms in total. The van der Waals surface area contributed by atoms with E-state index in [0.29, 0.717) is 18.1 Å². The summed E-state index contributed by atoms with van der Waals surface area (Å²) >= 11 is 5.77. The molecular formula is C13H13ClN2O2. The minimum Gasteiger partial charge on any atom is -0.467 e. The zero-order valence-electron chi connectivity index (χ0n) is 9.65. The van der Waals surface area contributed by atoms with Crippen molar-refractivity contribution in [2.45, 2.75) is 13.1 Å². The maximum atomic E-state index is 11.5. The third kappa shape index (κ3) is 3.82. The van der Waals surface area contributed by atoms with Crippen LogP contribution in [0, 0.1) is 0 Å². The fraction of sp³-hybridized carbons (Fsp3) is 0.154. The number of nitrogens with one attached hydrogen (secondary N) is 2. The highest BCUT2D eigenvalue weighted by molar-refractivity contribution is 6.30. The van der Waals surface area contributed by atoms with E-state index in [0.717, 1.165) is 11.3 Å². The van der Waals surface area contributed by atoms with Crippen LogP contribution in [0.3, 0.4) is 0 Å². The first-order chi connectivity index (χ1) is 8.74. The van der Waals surface area contributed by atoms with E-state index in [2.05, 4.69) is 10.6 Å². The third-order valence-electron chi connectivity index (χ3n) is 2.37. The molecule has 0 aliphatic rings. The zero-order chi connectivity index (χ0) is 12.8. The second-order valence-electron chi connectivity index (χ2n) is 3.74. The number of hydrogen-bond acceptors (Lipinski definition) is 2. The molecule has 2 rings (SSSR count). The van der Waals surface area contributed by atoms with Crippen LogP contribution < -0.4 is 10.6 Å². The topological polar surface area (TPSA) is 54.3 Å². The van der Waals surface area contributed by atoms with Gasteiger partial charge in [0.05, 0.1) is 12.8 Å². The molecule has 2 amide bonds. The van der Waals surface area contributed by atoms with Gasteiger partial charge < -0.3 is 15.1 Å². The van der Waals surface area contributed by atoms with Gasteiger partial charge in [-0.05, 0) is 29.8 Å². The standard InChI is InChI=1S/C13H13ClN2O2/c14-11-5-3-10(4-6-11)8-15-13(17)16-9-12-2-1-7-18-12/h1-7H,8-9H2,(H2,15,16,17). The van der Waals surface area contributed by atoms with E-state index in [1.165, 1.54) is 0 Å². The fourth-order valence-electron chi connectivity index (χ4n) is 1.43. The number of rotatable bonds is 4. The Bertz CT molecular complexity index is 494. The average Bonchev–Trinajstić information content (AvgIpc) is 2.89. The molecule has 2 N–H and O–H groups in total. The second kappa shape index (κ2) is 6.12. The van der Waals surface area contributed by atoms with Crippen LogP contribution >= 0.6 is 11.6 Å². The molecule has 94 valence electrons. The molecule has 0 radical (unpaired) electrons. The number of amides is 2. The summed E-state index contributed by atoms with van der Waals surface area (Å²) in [7, 11) is 0. The van der Waals surface area contributed by atoms with Crippen LogP contribution in [0.15, 0.2) is 47.1 Å². The lowest BCUT2D eigenvalue weighted by atomic mass is 10.2. The molecule has 0 bridgehead atoms. The van der Waals surface area contributed by atoms with Gasteiger partial charge in [-0.2, -0.15) is 0 Å². The predicted molar refractivity (Wildman–Crippen MR) is 69.2 cm³/mol. The fourth-order valence-corrected chi connectivity index (χ4v) is 1.55. The van der Waals surface area contributed by atoms with Gasteiger partial charge in [0.2, 0.25) is 0 Å². The number of carbonyl (C=O) groups excluding carboxylic acids is 1. The molecule has 0 saturated carbocycles. The summed E-state index contributed by atoms with van der Waals surface area (Å²) in [5.41, 5.74) is 0.993. The molecule has 0 atom stereocenters. The summed E-state index contributed by atoms with van der Waals surface area (Å²) in [6.07, 6.45) is 1.57. The van der Waals surface area contributed by atoms with Crippen molar-refractivity contribution in [2.24, 2.45) is 0 Å². The van der Waals surface area contributed by atoms with Gasteiger partial charge in [0.25, 0.3) is 0 Å². The first kappa shape index (κ1) is 12.5. The van der Waals surface area contributed by atoms with Crippen molar-refractivity contribution in [1.82, 2.24) is 10.6 Å². The zero-order valence-corrected chi connectivity index (χ0v) is 10.4. The number of urea groups is 1. The Labute approximate surface area is 110 Å². The third-order valence-corrected chi connectivity index (χ3v) is 2.62. The van der Waals surface area contributed by atoms with Crippen molar-refractivity contribution in [3.05, 3.63) is 59.0 Å². The van der Waals surface area contributed by atoms with E-state index in [9.17, 15) is 4.79 Å². The first-order valence-corrected chi connectivity index (χ1v) is 5.90. The van der Waals surface area contributed by atoms with E-state index in [1.54, 1.807) is 30.5 Å². The average molecular weight is 265 g/mol. The van der Waals surface area contributed by atoms with Crippen LogP contribution in [-0.2, 0) is 13.1 Å². The van der Waals surface area contributed by atoms with Gasteiger partial charge >= 0.3 is 6.03 Å². The highest BCUT2D eigenvalue weighted by atomic mass is 35.5. The summed E-state index contributed by atoms with van der Waals surface area (Å²) < 4.78 is 5.10. The Morgan fingerprint density at radius 1 is 1.11 bits per heavy atom. The summed E-state index contributed by atoms with van der Waals surface area (Å²) in [5, 5.41) is 6.12. The smallest absolute Gasteiger partial charge is 0.315 e. The molecule has 0 spiro atoms. The largest absolute Gasteiger partial charge is 0.467 e. The lowest BCUT2D eigenvalue weighted by Gasteiger charge is -2.06. The van der Waals surface area contributed by atoms with E-state index in [-0.39, 0.29) is 6.03 Å². The van der Waals surface area contributed by atoms with Crippen molar-refractivity contribution in [1.29, 1.82) is 0 Å². The molecule has 1 heterocycles. The van der Waals surface area contributed by atoms with Gasteiger partial charge in [0.1, 0.15) is 5.76 Å². The minimum absolute atomic E-state index is 0.235. The lowest BCUT2D eigenvalue weighted by molar-refractivity contribution is 0.239. The van der Waals surface area contributed by atoms with Crippen LogP contribution in [0.25, 0.3) is 0 Å². The van der Waals surface area contributed by atoms with Gasteiger partial charge in [-0.15, -0.1) is 0 Å². The highest BCUT2D eigenvalue weighted by Gasteiger charge is 2.01. The molecule has 1 aromatic heterocycles. The van der Waals surface area contributed by atoms with Crippen LogP contribution in [0.5, 0.6) is 0 Å². The van der Waals surface area contributed by atoms with E-state index < -0.39 is 0 Å². The normalized spacial score (nSPS) is 10.1. The molecule has 0 aliphatic heterocycles. The molecule has 18 heavy (non-hydrogen) atoms. The van der Waals surface area contributed by atoms with Crippen molar-refractivity contribution in [3.8, 4) is 0 Å². The van der Waals surface area contributed by atoms with Crippen molar-refractivity contribution in [3.63, 3.8) is 0 Å². The molecule has 0 saturated heterocycles. The van der Waals surface area contributed by atoms with Crippen LogP contribution in [0.1, 0.15) is 11.3 Å².